The second kappa shape index (κ2) is 2.98. The summed E-state index contributed by atoms with van der Waals surface area (Å²) in [6.07, 6.45) is 9.31. The van der Waals surface area contributed by atoms with Gasteiger partial charge >= 0.3 is 0 Å². The zero-order valence-electron chi connectivity index (χ0n) is 6.97. The van der Waals surface area contributed by atoms with E-state index in [0.29, 0.717) is 0 Å². The van der Waals surface area contributed by atoms with Crippen molar-refractivity contribution in [2.45, 2.75) is 38.5 Å². The maximum absolute atomic E-state index is 1.93. The molecule has 4 saturated carbocycles. The molecule has 0 saturated heterocycles. The van der Waals surface area contributed by atoms with E-state index in [2.05, 4.69) is 0 Å². The van der Waals surface area contributed by atoms with Gasteiger partial charge in [0, 0.05) is 26.2 Å². The Hall–Kier alpha value is 0.883. The summed E-state index contributed by atoms with van der Waals surface area (Å²) in [6, 6.07) is 0. The number of hydrogen-bond acceptors (Lipinski definition) is 0. The van der Waals surface area contributed by atoms with E-state index in [1.165, 1.54) is 19.3 Å². The molecule has 0 N–H and O–H groups in total. The van der Waals surface area contributed by atoms with E-state index in [9.17, 15) is 0 Å². The summed E-state index contributed by atoms with van der Waals surface area (Å²) in [4.78, 5) is 0. The van der Waals surface area contributed by atoms with Crippen LogP contribution in [0.3, 0.4) is 0 Å². The normalized spacial score (nSPS) is 47.5. The molecule has 11 heavy (non-hydrogen) atoms. The summed E-state index contributed by atoms with van der Waals surface area (Å²) in [6.45, 7) is 0. The largest absolute Gasteiger partial charge is 0.0475 e. The molecule has 0 heterocycles. The molecule has 4 bridgehead atoms. The molecule has 4 aliphatic rings. The van der Waals surface area contributed by atoms with E-state index in [1.54, 1.807) is 19.3 Å². The van der Waals surface area contributed by atoms with Crippen molar-refractivity contribution in [1.82, 2.24) is 0 Å². The summed E-state index contributed by atoms with van der Waals surface area (Å²) in [5, 5.41) is 0. The van der Waals surface area contributed by atoms with Crippen LogP contribution in [0, 0.1) is 23.7 Å². The summed E-state index contributed by atoms with van der Waals surface area (Å²) >= 11 is 0. The third-order valence-corrected chi connectivity index (χ3v) is 3.73. The van der Waals surface area contributed by atoms with Crippen LogP contribution in [0.25, 0.3) is 0 Å². The van der Waals surface area contributed by atoms with Gasteiger partial charge in [-0.3, -0.25) is 0 Å². The summed E-state index contributed by atoms with van der Waals surface area (Å²) in [5.41, 5.74) is 0. The van der Waals surface area contributed by atoms with Crippen LogP contribution >= 0.6 is 0 Å². The molecule has 4 aliphatic carbocycles. The van der Waals surface area contributed by atoms with E-state index in [4.69, 9.17) is 0 Å². The van der Waals surface area contributed by atoms with Crippen LogP contribution in [-0.4, -0.2) is 0 Å². The van der Waals surface area contributed by atoms with E-state index in [1.807, 2.05) is 5.92 Å². The summed E-state index contributed by atoms with van der Waals surface area (Å²) in [5.74, 6) is 5.35. The number of rotatable bonds is 0. The van der Waals surface area contributed by atoms with Crippen LogP contribution in [0.5, 0.6) is 0 Å². The molecule has 4 rings (SSSR count). The molecule has 0 aliphatic heterocycles. The smallest absolute Gasteiger partial charge is 0 e. The molecule has 0 unspecified atom stereocenters. The SMILES string of the molecule is C1[C]2CC3CC1CC(C2)C3.[Zr]. The summed E-state index contributed by atoms with van der Waals surface area (Å²) < 4.78 is 0. The fourth-order valence-electron chi connectivity index (χ4n) is 3.68. The molecule has 1 radical (unpaired) electrons. The van der Waals surface area contributed by atoms with Crippen molar-refractivity contribution in [3.63, 3.8) is 0 Å². The first kappa shape index (κ1) is 8.48. The molecular formula is C10H15Zr. The van der Waals surface area contributed by atoms with Crippen molar-refractivity contribution < 1.29 is 26.2 Å². The minimum atomic E-state index is 0. The predicted molar refractivity (Wildman–Crippen MR) is 41.4 cm³/mol. The summed E-state index contributed by atoms with van der Waals surface area (Å²) in [7, 11) is 0. The standard InChI is InChI=1S/C10H15.Zr/c1-7-2-9-4-8(1)5-10(3-7)6-9;/h7-9H,1-6H2;. The monoisotopic (exact) mass is 225 g/mol. The minimum Gasteiger partial charge on any atom is -0.0475 e. The van der Waals surface area contributed by atoms with Gasteiger partial charge in [-0.1, -0.05) is 0 Å². The molecule has 0 amide bonds. The molecule has 0 aromatic rings. The topological polar surface area (TPSA) is 0 Å². The zero-order chi connectivity index (χ0) is 6.55. The van der Waals surface area contributed by atoms with Crippen molar-refractivity contribution in [2.24, 2.45) is 17.8 Å². The van der Waals surface area contributed by atoms with Gasteiger partial charge in [-0.2, -0.15) is 0 Å². The third-order valence-electron chi connectivity index (χ3n) is 3.73. The average Bonchev–Trinajstić information content (AvgIpc) is 1.82. The van der Waals surface area contributed by atoms with Crippen LogP contribution < -0.4 is 0 Å². The maximum atomic E-state index is 1.93. The molecule has 1 heteroatoms. The average molecular weight is 226 g/mol. The molecule has 59 valence electrons. The molecule has 0 nitrogen and oxygen atoms in total. The van der Waals surface area contributed by atoms with Gasteiger partial charge in [0.2, 0.25) is 0 Å². The van der Waals surface area contributed by atoms with Gasteiger partial charge in [-0.05, 0) is 62.2 Å². The van der Waals surface area contributed by atoms with E-state index >= 15 is 0 Å². The Labute approximate surface area is 88.3 Å². The first-order valence-electron chi connectivity index (χ1n) is 4.73. The molecule has 0 aromatic carbocycles. The Balaban J connectivity index is 0.000000480. The Kier molecular flexibility index (Phi) is 2.30. The molecule has 0 aromatic heterocycles. The van der Waals surface area contributed by atoms with E-state index < -0.39 is 0 Å². The van der Waals surface area contributed by atoms with Crippen molar-refractivity contribution in [3.05, 3.63) is 5.92 Å². The first-order chi connectivity index (χ1) is 4.90. The molecule has 0 atom stereocenters. The van der Waals surface area contributed by atoms with Crippen LogP contribution in [0.4, 0.5) is 0 Å². The fourth-order valence-corrected chi connectivity index (χ4v) is 3.68. The van der Waals surface area contributed by atoms with Gasteiger partial charge in [0.15, 0.2) is 0 Å². The Bertz CT molecular complexity index is 96.4. The zero-order valence-corrected chi connectivity index (χ0v) is 9.43. The minimum absolute atomic E-state index is 0. The van der Waals surface area contributed by atoms with Crippen LogP contribution in [0.15, 0.2) is 0 Å². The molecule has 4 fully saturated rings. The van der Waals surface area contributed by atoms with Crippen molar-refractivity contribution in [2.75, 3.05) is 0 Å². The Morgan fingerprint density at radius 3 is 1.36 bits per heavy atom. The van der Waals surface area contributed by atoms with Crippen molar-refractivity contribution in [3.8, 4) is 0 Å². The van der Waals surface area contributed by atoms with Crippen molar-refractivity contribution in [1.29, 1.82) is 0 Å². The van der Waals surface area contributed by atoms with Gasteiger partial charge in [-0.15, -0.1) is 0 Å². The first-order valence-corrected chi connectivity index (χ1v) is 4.73. The van der Waals surface area contributed by atoms with Crippen LogP contribution in [0.1, 0.15) is 38.5 Å². The Morgan fingerprint density at radius 2 is 1.09 bits per heavy atom. The van der Waals surface area contributed by atoms with Crippen LogP contribution in [-0.2, 0) is 26.2 Å². The third kappa shape index (κ3) is 1.39. The van der Waals surface area contributed by atoms with Gasteiger partial charge < -0.3 is 0 Å². The quantitative estimate of drug-likeness (QED) is 0.596. The predicted octanol–water partition coefficient (Wildman–Crippen LogP) is 2.79. The fraction of sp³-hybridized carbons (Fsp3) is 0.900. The van der Waals surface area contributed by atoms with Crippen LogP contribution in [0.2, 0.25) is 0 Å². The van der Waals surface area contributed by atoms with Gasteiger partial charge in [0.05, 0.1) is 0 Å². The second-order valence-corrected chi connectivity index (χ2v) is 4.67. The van der Waals surface area contributed by atoms with E-state index in [-0.39, 0.29) is 26.2 Å². The second-order valence-electron chi connectivity index (χ2n) is 4.67. The van der Waals surface area contributed by atoms with Gasteiger partial charge in [0.25, 0.3) is 0 Å². The van der Waals surface area contributed by atoms with Gasteiger partial charge in [0.1, 0.15) is 0 Å². The van der Waals surface area contributed by atoms with Crippen molar-refractivity contribution >= 4 is 0 Å². The molecule has 0 spiro atoms. The maximum Gasteiger partial charge on any atom is 0 e. The van der Waals surface area contributed by atoms with E-state index in [0.717, 1.165) is 17.8 Å². The number of hydrogen-bond donors (Lipinski definition) is 0. The Morgan fingerprint density at radius 1 is 0.727 bits per heavy atom. The molecular weight excluding hydrogens is 211 g/mol. The van der Waals surface area contributed by atoms with Gasteiger partial charge in [-0.25, -0.2) is 0 Å².